The number of hydrogen-bond acceptors (Lipinski definition) is 1. The minimum Gasteiger partial charge on any atom is -0.248 e. The first-order valence-electron chi connectivity index (χ1n) is 7.71. The molecule has 0 bridgehead atoms. The number of hydrogen-bond donors (Lipinski definition) is 0. The number of aromatic nitrogens is 1. The van der Waals surface area contributed by atoms with Crippen LogP contribution in [0, 0.1) is 11.3 Å². The Balaban J connectivity index is 2.50. The van der Waals surface area contributed by atoms with E-state index in [4.69, 9.17) is 4.98 Å². The van der Waals surface area contributed by atoms with E-state index in [1.54, 1.807) is 0 Å². The predicted molar refractivity (Wildman–Crippen MR) is 93.2 cm³/mol. The molecule has 0 fully saturated rings. The minimum absolute atomic E-state index is 0.0389. The van der Waals surface area contributed by atoms with Crippen molar-refractivity contribution in [2.24, 2.45) is 11.3 Å². The second kappa shape index (κ2) is 6.26. The van der Waals surface area contributed by atoms with Crippen LogP contribution in [0.15, 0.2) is 55.6 Å². The lowest BCUT2D eigenvalue weighted by Crippen LogP contribution is -2.27. The zero-order chi connectivity index (χ0) is 15.5. The molecule has 2 rings (SSSR count). The molecule has 1 nitrogen and oxygen atoms in total. The second-order valence-corrected chi connectivity index (χ2v) is 6.02. The summed E-state index contributed by atoms with van der Waals surface area (Å²) < 4.78 is 0. The summed E-state index contributed by atoms with van der Waals surface area (Å²) in [4.78, 5) is 4.82. The molecule has 0 saturated heterocycles. The van der Waals surface area contributed by atoms with Gasteiger partial charge in [-0.2, -0.15) is 0 Å². The third kappa shape index (κ3) is 2.78. The fourth-order valence-electron chi connectivity index (χ4n) is 3.22. The van der Waals surface area contributed by atoms with Gasteiger partial charge in [0.05, 0.1) is 11.2 Å². The van der Waals surface area contributed by atoms with Gasteiger partial charge >= 0.3 is 0 Å². The Kier molecular flexibility index (Phi) is 4.62. The van der Waals surface area contributed by atoms with E-state index in [1.165, 1.54) is 5.39 Å². The number of allylic oxidation sites excluding steroid dienone is 2. The Morgan fingerprint density at radius 1 is 1.24 bits per heavy atom. The van der Waals surface area contributed by atoms with Crippen LogP contribution >= 0.6 is 0 Å². The van der Waals surface area contributed by atoms with Gasteiger partial charge < -0.3 is 0 Å². The van der Waals surface area contributed by atoms with Gasteiger partial charge in [0, 0.05) is 10.8 Å². The average molecular weight is 279 g/mol. The zero-order valence-electron chi connectivity index (χ0n) is 13.4. The Morgan fingerprint density at radius 3 is 2.57 bits per heavy atom. The summed E-state index contributed by atoms with van der Waals surface area (Å²) in [7, 11) is 0. The Bertz CT molecular complexity index is 654. The van der Waals surface area contributed by atoms with Crippen molar-refractivity contribution >= 4 is 16.5 Å². The third-order valence-electron chi connectivity index (χ3n) is 4.75. The number of benzene rings is 1. The normalized spacial score (nSPS) is 14.1. The zero-order valence-corrected chi connectivity index (χ0v) is 13.4. The van der Waals surface area contributed by atoms with Crippen molar-refractivity contribution < 1.29 is 0 Å². The lowest BCUT2D eigenvalue weighted by molar-refractivity contribution is 0.273. The molecule has 0 amide bonds. The molecule has 1 heterocycles. The monoisotopic (exact) mass is 279 g/mol. The highest BCUT2D eigenvalue weighted by Crippen LogP contribution is 2.46. The van der Waals surface area contributed by atoms with Crippen LogP contribution < -0.4 is 0 Å². The van der Waals surface area contributed by atoms with Crippen LogP contribution in [0.25, 0.3) is 16.5 Å². The van der Waals surface area contributed by atoms with E-state index in [-0.39, 0.29) is 5.41 Å². The van der Waals surface area contributed by atoms with Gasteiger partial charge in [0.2, 0.25) is 0 Å². The maximum Gasteiger partial charge on any atom is 0.0709 e. The van der Waals surface area contributed by atoms with Crippen molar-refractivity contribution in [2.45, 2.75) is 33.6 Å². The van der Waals surface area contributed by atoms with Crippen molar-refractivity contribution in [1.82, 2.24) is 4.98 Å². The number of rotatable bonds is 6. The third-order valence-corrected chi connectivity index (χ3v) is 4.75. The quantitative estimate of drug-likeness (QED) is 0.602. The average Bonchev–Trinajstić information content (AvgIpc) is 2.51. The molecule has 0 saturated carbocycles. The van der Waals surface area contributed by atoms with Crippen LogP contribution in [-0.2, 0) is 0 Å². The highest BCUT2D eigenvalue weighted by molar-refractivity contribution is 5.81. The number of pyridine rings is 1. The highest BCUT2D eigenvalue weighted by atomic mass is 14.7. The van der Waals surface area contributed by atoms with E-state index in [2.05, 4.69) is 58.2 Å². The van der Waals surface area contributed by atoms with Gasteiger partial charge in [-0.25, -0.2) is 4.98 Å². The van der Waals surface area contributed by atoms with Crippen molar-refractivity contribution in [3.8, 4) is 0 Å². The van der Waals surface area contributed by atoms with E-state index in [0.29, 0.717) is 5.92 Å². The molecule has 110 valence electrons. The first kappa shape index (κ1) is 15.5. The molecule has 0 aliphatic heterocycles. The van der Waals surface area contributed by atoms with Crippen LogP contribution in [0.5, 0.6) is 0 Å². The lowest BCUT2D eigenvalue weighted by Gasteiger charge is -2.38. The SMILES string of the molecule is C=CC[C@@](CC)(C(=C)c1ccc2ccccc2n1)C(C)C. The Morgan fingerprint density at radius 2 is 1.95 bits per heavy atom. The minimum atomic E-state index is 0.0389. The molecule has 0 radical (unpaired) electrons. The molecule has 1 aromatic heterocycles. The summed E-state index contributed by atoms with van der Waals surface area (Å²) in [6.45, 7) is 15.1. The fraction of sp³-hybridized carbons (Fsp3) is 0.350. The number of fused-ring (bicyclic) bond motifs is 1. The maximum atomic E-state index is 4.82. The van der Waals surface area contributed by atoms with Crippen LogP contribution in [0.3, 0.4) is 0 Å². The molecule has 0 unspecified atom stereocenters. The van der Waals surface area contributed by atoms with Crippen LogP contribution in [0.2, 0.25) is 0 Å². The van der Waals surface area contributed by atoms with Gasteiger partial charge in [-0.1, -0.05) is 57.7 Å². The Hall–Kier alpha value is -1.89. The van der Waals surface area contributed by atoms with E-state index in [0.717, 1.165) is 29.6 Å². The highest BCUT2D eigenvalue weighted by Gasteiger charge is 2.34. The first-order valence-corrected chi connectivity index (χ1v) is 7.71. The van der Waals surface area contributed by atoms with E-state index >= 15 is 0 Å². The maximum absolute atomic E-state index is 4.82. The van der Waals surface area contributed by atoms with E-state index in [1.807, 2.05) is 18.2 Å². The summed E-state index contributed by atoms with van der Waals surface area (Å²) >= 11 is 0. The smallest absolute Gasteiger partial charge is 0.0709 e. The number of nitrogens with zero attached hydrogens (tertiary/aromatic N) is 1. The van der Waals surface area contributed by atoms with Crippen LogP contribution in [-0.4, -0.2) is 4.98 Å². The predicted octanol–water partition coefficient (Wildman–Crippen LogP) is 5.88. The van der Waals surface area contributed by atoms with E-state index < -0.39 is 0 Å². The molecule has 0 N–H and O–H groups in total. The van der Waals surface area contributed by atoms with Gasteiger partial charge in [-0.05, 0) is 36.5 Å². The summed E-state index contributed by atoms with van der Waals surface area (Å²) in [5, 5.41) is 1.17. The van der Waals surface area contributed by atoms with Crippen molar-refractivity contribution in [2.75, 3.05) is 0 Å². The molecular formula is C20H25N. The molecule has 2 aromatic rings. The first-order chi connectivity index (χ1) is 10.0. The van der Waals surface area contributed by atoms with E-state index in [9.17, 15) is 0 Å². The summed E-state index contributed by atoms with van der Waals surface area (Å²) in [6, 6.07) is 12.5. The standard InChI is InChI=1S/C20H25N/c1-6-14-20(7-2,15(3)4)16(5)18-13-12-17-10-8-9-11-19(17)21-18/h6,8-13,15H,1,5,7,14H2,2-4H3/t20-/m1/s1. The van der Waals surface area contributed by atoms with Crippen LogP contribution in [0.4, 0.5) is 0 Å². The van der Waals surface area contributed by atoms with Gasteiger partial charge in [-0.3, -0.25) is 0 Å². The lowest BCUT2D eigenvalue weighted by atomic mass is 9.66. The largest absolute Gasteiger partial charge is 0.248 e. The van der Waals surface area contributed by atoms with Crippen LogP contribution in [0.1, 0.15) is 39.3 Å². The fourth-order valence-corrected chi connectivity index (χ4v) is 3.22. The molecule has 0 aliphatic rings. The molecule has 0 spiro atoms. The summed E-state index contributed by atoms with van der Waals surface area (Å²) in [6.07, 6.45) is 3.99. The molecule has 1 heteroatoms. The van der Waals surface area contributed by atoms with Gasteiger partial charge in [0.25, 0.3) is 0 Å². The topological polar surface area (TPSA) is 12.9 Å². The van der Waals surface area contributed by atoms with Gasteiger partial charge in [-0.15, -0.1) is 6.58 Å². The molecule has 0 aliphatic carbocycles. The summed E-state index contributed by atoms with van der Waals surface area (Å²) in [5.74, 6) is 0.501. The molecule has 1 atom stereocenters. The van der Waals surface area contributed by atoms with Crippen molar-refractivity contribution in [3.05, 3.63) is 61.3 Å². The van der Waals surface area contributed by atoms with Gasteiger partial charge in [0.15, 0.2) is 0 Å². The summed E-state index contributed by atoms with van der Waals surface area (Å²) in [5.41, 5.74) is 3.21. The van der Waals surface area contributed by atoms with Gasteiger partial charge in [0.1, 0.15) is 0 Å². The Labute approximate surface area is 128 Å². The molecule has 21 heavy (non-hydrogen) atoms. The molecular weight excluding hydrogens is 254 g/mol. The van der Waals surface area contributed by atoms with Crippen molar-refractivity contribution in [1.29, 1.82) is 0 Å². The van der Waals surface area contributed by atoms with Crippen molar-refractivity contribution in [3.63, 3.8) is 0 Å². The molecule has 1 aromatic carbocycles. The second-order valence-electron chi connectivity index (χ2n) is 6.02. The number of para-hydroxylation sites is 1.